The van der Waals surface area contributed by atoms with Crippen molar-refractivity contribution in [2.75, 3.05) is 26.2 Å². The molecule has 1 aromatic heterocycles. The van der Waals surface area contributed by atoms with Crippen molar-refractivity contribution in [3.63, 3.8) is 0 Å². The summed E-state index contributed by atoms with van der Waals surface area (Å²) in [7, 11) is 0. The van der Waals surface area contributed by atoms with E-state index in [1.807, 2.05) is 36.6 Å². The fourth-order valence-corrected chi connectivity index (χ4v) is 5.21. The number of ketones is 1. The van der Waals surface area contributed by atoms with E-state index >= 15 is 0 Å². The molecule has 1 fully saturated rings. The lowest BCUT2D eigenvalue weighted by Gasteiger charge is -2.27. The second kappa shape index (κ2) is 8.85. The molecule has 2 aliphatic rings. The van der Waals surface area contributed by atoms with Crippen LogP contribution in [0, 0.1) is 0 Å². The van der Waals surface area contributed by atoms with Gasteiger partial charge in [0.05, 0.1) is 11.6 Å². The van der Waals surface area contributed by atoms with Crippen molar-refractivity contribution in [2.24, 2.45) is 0 Å². The van der Waals surface area contributed by atoms with Gasteiger partial charge < -0.3 is 19.6 Å². The van der Waals surface area contributed by atoms with Crippen LogP contribution in [0.4, 0.5) is 0 Å². The number of carbonyl (C=O) groups is 2. The Balaban J connectivity index is 1.74. The van der Waals surface area contributed by atoms with Crippen LogP contribution in [0.1, 0.15) is 42.8 Å². The van der Waals surface area contributed by atoms with Crippen molar-refractivity contribution in [1.29, 1.82) is 0 Å². The predicted octanol–water partition coefficient (Wildman–Crippen LogP) is 3.84. The molecule has 2 atom stereocenters. The van der Waals surface area contributed by atoms with Crippen molar-refractivity contribution < 1.29 is 19.4 Å². The van der Waals surface area contributed by atoms with Crippen LogP contribution in [0.2, 0.25) is 0 Å². The summed E-state index contributed by atoms with van der Waals surface area (Å²) in [5.74, 6) is -0.492. The zero-order valence-electron chi connectivity index (χ0n) is 18.1. The number of amides is 1. The van der Waals surface area contributed by atoms with Gasteiger partial charge in [-0.15, -0.1) is 11.3 Å². The molecule has 1 saturated heterocycles. The monoisotopic (exact) mass is 440 g/mol. The number of carbonyl (C=O) groups excluding carboxylic acids is 2. The van der Waals surface area contributed by atoms with Gasteiger partial charge >= 0.3 is 0 Å². The number of likely N-dealkylation sites (tertiary alicyclic amines) is 1. The number of likely N-dealkylation sites (N-methyl/N-ethyl adjacent to an activating group) is 1. The lowest BCUT2D eigenvalue weighted by Crippen LogP contribution is -2.37. The number of hydrogen-bond donors (Lipinski definition) is 1. The minimum absolute atomic E-state index is 0.0872. The second-order valence-corrected chi connectivity index (χ2v) is 8.97. The number of nitrogens with zero attached hydrogens (tertiary/aromatic N) is 2. The molecule has 1 aromatic carbocycles. The first-order chi connectivity index (χ1) is 14.9. The number of thiophene rings is 1. The molecular weight excluding hydrogens is 412 g/mol. The fraction of sp³-hybridized carbons (Fsp3) is 0.417. The third kappa shape index (κ3) is 4.00. The van der Waals surface area contributed by atoms with Crippen LogP contribution in [0.3, 0.4) is 0 Å². The molecule has 4 rings (SSSR count). The van der Waals surface area contributed by atoms with Gasteiger partial charge in [-0.2, -0.15) is 0 Å². The molecule has 1 amide bonds. The molecule has 1 N–H and O–H groups in total. The number of fused-ring (bicyclic) bond motifs is 1. The lowest BCUT2D eigenvalue weighted by molar-refractivity contribution is -0.140. The lowest BCUT2D eigenvalue weighted by atomic mass is 9.98. The summed E-state index contributed by atoms with van der Waals surface area (Å²) in [6.07, 6.45) is 0.840. The van der Waals surface area contributed by atoms with Crippen LogP contribution in [0.5, 0.6) is 5.75 Å². The van der Waals surface area contributed by atoms with Crippen molar-refractivity contribution in [2.45, 2.75) is 39.3 Å². The molecular formula is C24H28N2O4S. The maximum atomic E-state index is 13.1. The number of aliphatic hydroxyl groups excluding tert-OH is 1. The van der Waals surface area contributed by atoms with E-state index in [0.717, 1.165) is 35.7 Å². The Morgan fingerprint density at radius 3 is 2.71 bits per heavy atom. The second-order valence-electron chi connectivity index (χ2n) is 7.99. The zero-order valence-corrected chi connectivity index (χ0v) is 18.9. The molecule has 6 nitrogen and oxygen atoms in total. The van der Waals surface area contributed by atoms with Gasteiger partial charge in [0.15, 0.2) is 0 Å². The van der Waals surface area contributed by atoms with Crippen molar-refractivity contribution in [3.05, 3.63) is 57.3 Å². The Bertz CT molecular complexity index is 1010. The Morgan fingerprint density at radius 1 is 1.26 bits per heavy atom. The zero-order chi connectivity index (χ0) is 22.1. The highest BCUT2D eigenvalue weighted by atomic mass is 32.1. The first-order valence-corrected chi connectivity index (χ1v) is 11.7. The maximum Gasteiger partial charge on any atom is 0.295 e. The number of benzene rings is 1. The van der Waals surface area contributed by atoms with E-state index < -0.39 is 17.7 Å². The Morgan fingerprint density at radius 2 is 2.03 bits per heavy atom. The van der Waals surface area contributed by atoms with E-state index in [-0.39, 0.29) is 17.4 Å². The van der Waals surface area contributed by atoms with Crippen LogP contribution >= 0.6 is 11.3 Å². The molecule has 0 radical (unpaired) electrons. The Labute approximate surface area is 186 Å². The smallest absolute Gasteiger partial charge is 0.295 e. The van der Waals surface area contributed by atoms with Crippen LogP contribution < -0.4 is 4.74 Å². The largest absolute Gasteiger partial charge is 0.507 e. The van der Waals surface area contributed by atoms with Crippen LogP contribution in [0.25, 0.3) is 5.76 Å². The first-order valence-electron chi connectivity index (χ1n) is 10.8. The van der Waals surface area contributed by atoms with Gasteiger partial charge in [0.1, 0.15) is 17.6 Å². The van der Waals surface area contributed by atoms with Crippen molar-refractivity contribution >= 4 is 28.8 Å². The number of hydrogen-bond acceptors (Lipinski definition) is 6. The summed E-state index contributed by atoms with van der Waals surface area (Å²) in [6.45, 7) is 9.01. The highest BCUT2D eigenvalue weighted by Crippen LogP contribution is 2.41. The predicted molar refractivity (Wildman–Crippen MR) is 121 cm³/mol. The average Bonchev–Trinajstić information content (AvgIpc) is 3.47. The third-order valence-corrected chi connectivity index (χ3v) is 7.00. The van der Waals surface area contributed by atoms with E-state index in [1.165, 1.54) is 11.3 Å². The highest BCUT2D eigenvalue weighted by Gasteiger charge is 2.46. The molecule has 31 heavy (non-hydrogen) atoms. The molecule has 2 aromatic rings. The van der Waals surface area contributed by atoms with E-state index in [9.17, 15) is 14.7 Å². The Hall–Kier alpha value is -2.64. The summed E-state index contributed by atoms with van der Waals surface area (Å²) in [5.41, 5.74) is 1.71. The van der Waals surface area contributed by atoms with Gasteiger partial charge in [0.2, 0.25) is 0 Å². The normalized spacial score (nSPS) is 22.3. The van der Waals surface area contributed by atoms with Crippen LogP contribution in [-0.2, 0) is 16.0 Å². The van der Waals surface area contributed by atoms with E-state index in [0.29, 0.717) is 18.7 Å². The van der Waals surface area contributed by atoms with Gasteiger partial charge in [-0.1, -0.05) is 19.9 Å². The summed E-state index contributed by atoms with van der Waals surface area (Å²) in [4.78, 5) is 30.7. The van der Waals surface area contributed by atoms with Gasteiger partial charge in [0.25, 0.3) is 11.7 Å². The van der Waals surface area contributed by atoms with Gasteiger partial charge in [0, 0.05) is 30.0 Å². The minimum Gasteiger partial charge on any atom is -0.507 e. The third-order valence-electron chi connectivity index (χ3n) is 6.07. The fourth-order valence-electron chi connectivity index (χ4n) is 4.37. The molecule has 0 spiro atoms. The van der Waals surface area contributed by atoms with E-state index in [1.54, 1.807) is 11.0 Å². The van der Waals surface area contributed by atoms with Crippen molar-refractivity contribution in [1.82, 2.24) is 9.80 Å². The molecule has 3 heterocycles. The van der Waals surface area contributed by atoms with Crippen LogP contribution in [-0.4, -0.2) is 58.9 Å². The summed E-state index contributed by atoms with van der Waals surface area (Å²) < 4.78 is 5.75. The molecule has 0 saturated carbocycles. The number of Topliss-reactive ketones (excluding diaryl/α,β-unsaturated/α-hetero) is 1. The molecule has 0 aliphatic carbocycles. The number of aliphatic hydroxyl groups is 1. The summed E-state index contributed by atoms with van der Waals surface area (Å²) >= 11 is 1.49. The average molecular weight is 441 g/mol. The minimum atomic E-state index is -0.624. The number of ether oxygens (including phenoxy) is 1. The van der Waals surface area contributed by atoms with Crippen LogP contribution in [0.15, 0.2) is 41.3 Å². The van der Waals surface area contributed by atoms with Crippen molar-refractivity contribution in [3.8, 4) is 5.75 Å². The van der Waals surface area contributed by atoms with E-state index in [2.05, 4.69) is 18.7 Å². The molecule has 164 valence electrons. The molecule has 7 heteroatoms. The SMILES string of the molecule is CCN(CC)CCN1C(=O)C(=O)/C(=C(/O)c2ccc3c(c2)CC(C)O3)C1c1cccs1. The summed E-state index contributed by atoms with van der Waals surface area (Å²) in [6, 6.07) is 8.68. The maximum absolute atomic E-state index is 13.1. The van der Waals surface area contributed by atoms with Gasteiger partial charge in [-0.3, -0.25) is 9.59 Å². The summed E-state index contributed by atoms with van der Waals surface area (Å²) in [5, 5.41) is 13.1. The molecule has 0 bridgehead atoms. The number of rotatable bonds is 7. The highest BCUT2D eigenvalue weighted by molar-refractivity contribution is 7.10. The van der Waals surface area contributed by atoms with Gasteiger partial charge in [-0.25, -0.2) is 0 Å². The molecule has 2 unspecified atom stereocenters. The topological polar surface area (TPSA) is 70.1 Å². The van der Waals surface area contributed by atoms with E-state index in [4.69, 9.17) is 4.74 Å². The quantitative estimate of drug-likeness (QED) is 0.403. The standard InChI is InChI=1S/C24H28N2O4S/c1-4-25(5-2)10-11-26-21(19-7-6-12-31-19)20(23(28)24(26)29)22(27)16-8-9-18-17(14-16)13-15(3)30-18/h6-9,12,14-15,21,27H,4-5,10-11,13H2,1-3H3/b22-20+. The first kappa shape index (κ1) is 21.6. The molecule has 2 aliphatic heterocycles. The van der Waals surface area contributed by atoms with Gasteiger partial charge in [-0.05, 0) is 55.2 Å². The Kier molecular flexibility index (Phi) is 6.16.